The highest BCUT2D eigenvalue weighted by molar-refractivity contribution is 6.01. The van der Waals surface area contributed by atoms with E-state index in [-0.39, 0.29) is 5.78 Å². The molecule has 1 aromatic heterocycles. The lowest BCUT2D eigenvalue weighted by Gasteiger charge is -2.35. The molecule has 3 rings (SSSR count). The van der Waals surface area contributed by atoms with Crippen molar-refractivity contribution >= 4 is 5.78 Å². The van der Waals surface area contributed by atoms with Gasteiger partial charge in [0.1, 0.15) is 0 Å². The second-order valence-electron chi connectivity index (χ2n) is 5.25. The zero-order valence-electron chi connectivity index (χ0n) is 11.6. The Hall–Kier alpha value is -1.94. The number of rotatable bonds is 3. The molecule has 0 atom stereocenters. The van der Waals surface area contributed by atoms with Crippen LogP contribution in [-0.2, 0) is 17.2 Å². The number of ether oxygens (including phenoxy) is 1. The summed E-state index contributed by atoms with van der Waals surface area (Å²) in [5.74, 6) is 0.621. The number of carbonyl (C=O) groups is 1. The number of aromatic nitrogens is 2. The predicted molar refractivity (Wildman–Crippen MR) is 75.7 cm³/mol. The molecule has 0 aliphatic carbocycles. The molecule has 1 saturated heterocycles. The molecule has 0 unspecified atom stereocenters. The van der Waals surface area contributed by atoms with Gasteiger partial charge in [-0.1, -0.05) is 30.3 Å². The van der Waals surface area contributed by atoms with Gasteiger partial charge in [-0.3, -0.25) is 4.79 Å². The first-order valence-electron chi connectivity index (χ1n) is 6.89. The molecule has 2 heterocycles. The number of hydrogen-bond acceptors (Lipinski definition) is 3. The molecule has 1 fully saturated rings. The summed E-state index contributed by atoms with van der Waals surface area (Å²) < 4.78 is 7.26. The minimum Gasteiger partial charge on any atom is -0.381 e. The summed E-state index contributed by atoms with van der Waals surface area (Å²) in [6, 6.07) is 10.0. The number of hydrogen-bond donors (Lipinski definition) is 0. The summed E-state index contributed by atoms with van der Waals surface area (Å²) in [4.78, 5) is 17.3. The minimum atomic E-state index is -0.501. The molecule has 0 saturated carbocycles. The summed E-state index contributed by atoms with van der Waals surface area (Å²) in [6.45, 7) is 1.23. The molecular weight excluding hydrogens is 252 g/mol. The van der Waals surface area contributed by atoms with Gasteiger partial charge in [0, 0.05) is 32.7 Å². The van der Waals surface area contributed by atoms with E-state index < -0.39 is 5.41 Å². The van der Waals surface area contributed by atoms with E-state index >= 15 is 0 Å². The number of ketones is 1. The van der Waals surface area contributed by atoms with Gasteiger partial charge in [0.25, 0.3) is 0 Å². The molecule has 1 aliphatic heterocycles. The van der Waals surface area contributed by atoms with Gasteiger partial charge in [-0.15, -0.1) is 0 Å². The van der Waals surface area contributed by atoms with E-state index in [2.05, 4.69) is 4.98 Å². The fraction of sp³-hybridized carbons (Fsp3) is 0.375. The highest BCUT2D eigenvalue weighted by atomic mass is 16.5. The van der Waals surface area contributed by atoms with Crippen molar-refractivity contribution in [2.45, 2.75) is 18.3 Å². The molecule has 0 spiro atoms. The number of benzene rings is 1. The van der Waals surface area contributed by atoms with Crippen molar-refractivity contribution in [3.63, 3.8) is 0 Å². The second-order valence-corrected chi connectivity index (χ2v) is 5.25. The fourth-order valence-electron chi connectivity index (χ4n) is 2.92. The number of aryl methyl sites for hydroxylation is 1. The number of nitrogens with zero attached hydrogens (tertiary/aromatic N) is 2. The highest BCUT2D eigenvalue weighted by Gasteiger charge is 2.43. The largest absolute Gasteiger partial charge is 0.381 e. The van der Waals surface area contributed by atoms with Crippen LogP contribution in [-0.4, -0.2) is 28.5 Å². The van der Waals surface area contributed by atoms with Crippen molar-refractivity contribution in [1.29, 1.82) is 0 Å². The maximum Gasteiger partial charge on any atom is 0.208 e. The standard InChI is InChI=1S/C16H18N2O2/c1-18-10-9-17-15(18)14(19)16(7-11-20-12-8-16)13-5-3-2-4-6-13/h2-6,9-10H,7-8,11-12H2,1H3. The van der Waals surface area contributed by atoms with E-state index in [1.165, 1.54) is 0 Å². The van der Waals surface area contributed by atoms with Crippen LogP contribution in [0.25, 0.3) is 0 Å². The first-order valence-corrected chi connectivity index (χ1v) is 6.89. The van der Waals surface area contributed by atoms with Gasteiger partial charge < -0.3 is 9.30 Å². The Morgan fingerprint density at radius 2 is 1.95 bits per heavy atom. The SMILES string of the molecule is Cn1ccnc1C(=O)C1(c2ccccc2)CCOCC1. The lowest BCUT2D eigenvalue weighted by Crippen LogP contribution is -2.42. The van der Waals surface area contributed by atoms with Crippen molar-refractivity contribution in [2.24, 2.45) is 7.05 Å². The van der Waals surface area contributed by atoms with Gasteiger partial charge in [0.2, 0.25) is 5.78 Å². The zero-order valence-corrected chi connectivity index (χ0v) is 11.6. The third-order valence-corrected chi connectivity index (χ3v) is 4.13. The molecule has 0 bridgehead atoms. The third kappa shape index (κ3) is 2.06. The minimum absolute atomic E-state index is 0.0968. The van der Waals surface area contributed by atoms with Crippen molar-refractivity contribution in [3.8, 4) is 0 Å². The Morgan fingerprint density at radius 1 is 1.25 bits per heavy atom. The van der Waals surface area contributed by atoms with Gasteiger partial charge >= 0.3 is 0 Å². The summed E-state index contributed by atoms with van der Waals surface area (Å²) >= 11 is 0. The van der Waals surface area contributed by atoms with Crippen molar-refractivity contribution in [1.82, 2.24) is 9.55 Å². The molecule has 20 heavy (non-hydrogen) atoms. The van der Waals surface area contributed by atoms with Crippen LogP contribution in [0.1, 0.15) is 29.0 Å². The molecule has 104 valence electrons. The first kappa shape index (κ1) is 13.1. The van der Waals surface area contributed by atoms with Crippen molar-refractivity contribution in [3.05, 3.63) is 54.1 Å². The van der Waals surface area contributed by atoms with E-state index in [1.807, 2.05) is 43.6 Å². The third-order valence-electron chi connectivity index (χ3n) is 4.13. The van der Waals surface area contributed by atoms with Crippen LogP contribution in [0.15, 0.2) is 42.7 Å². The van der Waals surface area contributed by atoms with Crippen LogP contribution in [0.5, 0.6) is 0 Å². The van der Waals surface area contributed by atoms with Crippen LogP contribution in [0.4, 0.5) is 0 Å². The Kier molecular flexibility index (Phi) is 3.40. The summed E-state index contributed by atoms with van der Waals surface area (Å²) in [7, 11) is 1.86. The lowest BCUT2D eigenvalue weighted by atomic mass is 9.70. The van der Waals surface area contributed by atoms with E-state index in [0.717, 1.165) is 5.56 Å². The average Bonchev–Trinajstić information content (AvgIpc) is 2.94. The van der Waals surface area contributed by atoms with E-state index in [4.69, 9.17) is 4.74 Å². The van der Waals surface area contributed by atoms with E-state index in [9.17, 15) is 4.79 Å². The maximum absolute atomic E-state index is 13.1. The molecule has 0 amide bonds. The van der Waals surface area contributed by atoms with Crippen molar-refractivity contribution in [2.75, 3.05) is 13.2 Å². The van der Waals surface area contributed by atoms with Crippen LogP contribution < -0.4 is 0 Å². The lowest BCUT2D eigenvalue weighted by molar-refractivity contribution is 0.0415. The first-order chi connectivity index (χ1) is 9.74. The smallest absolute Gasteiger partial charge is 0.208 e. The summed E-state index contributed by atoms with van der Waals surface area (Å²) in [6.07, 6.45) is 4.90. The number of Topliss-reactive ketones (excluding diaryl/α,β-unsaturated/α-hetero) is 1. The molecule has 1 aromatic carbocycles. The van der Waals surface area contributed by atoms with E-state index in [1.54, 1.807) is 10.8 Å². The topological polar surface area (TPSA) is 44.1 Å². The maximum atomic E-state index is 13.1. The Balaban J connectivity index is 2.07. The van der Waals surface area contributed by atoms with Crippen LogP contribution in [0.3, 0.4) is 0 Å². The number of imidazole rings is 1. The molecule has 0 radical (unpaired) electrons. The molecule has 1 aliphatic rings. The molecular formula is C16H18N2O2. The van der Waals surface area contributed by atoms with Crippen LogP contribution in [0, 0.1) is 0 Å². The quantitative estimate of drug-likeness (QED) is 0.804. The van der Waals surface area contributed by atoms with Gasteiger partial charge in [-0.05, 0) is 18.4 Å². The number of carbonyl (C=O) groups excluding carboxylic acids is 1. The van der Waals surface area contributed by atoms with Gasteiger partial charge in [-0.25, -0.2) is 4.98 Å². The molecule has 4 heteroatoms. The second kappa shape index (κ2) is 5.21. The predicted octanol–water partition coefficient (Wildman–Crippen LogP) is 2.35. The van der Waals surface area contributed by atoms with Gasteiger partial charge in [0.15, 0.2) is 5.82 Å². The Labute approximate surface area is 118 Å². The summed E-state index contributed by atoms with van der Waals surface area (Å²) in [5.41, 5.74) is 0.565. The molecule has 4 nitrogen and oxygen atoms in total. The van der Waals surface area contributed by atoms with Gasteiger partial charge in [0.05, 0.1) is 5.41 Å². The van der Waals surface area contributed by atoms with Crippen LogP contribution >= 0.6 is 0 Å². The van der Waals surface area contributed by atoms with E-state index in [0.29, 0.717) is 31.9 Å². The molecule has 0 N–H and O–H groups in total. The Bertz CT molecular complexity index is 598. The fourth-order valence-corrected chi connectivity index (χ4v) is 2.92. The van der Waals surface area contributed by atoms with Crippen LogP contribution in [0.2, 0.25) is 0 Å². The average molecular weight is 270 g/mol. The summed E-state index contributed by atoms with van der Waals surface area (Å²) in [5, 5.41) is 0. The molecule has 2 aromatic rings. The van der Waals surface area contributed by atoms with Crippen molar-refractivity contribution < 1.29 is 9.53 Å². The zero-order chi connectivity index (χ0) is 14.0. The Morgan fingerprint density at radius 3 is 2.55 bits per heavy atom. The normalized spacial score (nSPS) is 17.9. The monoisotopic (exact) mass is 270 g/mol. The highest BCUT2D eigenvalue weighted by Crippen LogP contribution is 2.37. The van der Waals surface area contributed by atoms with Gasteiger partial charge in [-0.2, -0.15) is 0 Å².